The largest absolute Gasteiger partial charge is 0.497 e. The van der Waals surface area contributed by atoms with E-state index in [4.69, 9.17) is 13.9 Å². The number of fused-ring (bicyclic) bond motifs is 1. The van der Waals surface area contributed by atoms with E-state index in [2.05, 4.69) is 0 Å². The number of rotatable bonds is 4. The van der Waals surface area contributed by atoms with Crippen molar-refractivity contribution >= 4 is 16.9 Å². The summed E-state index contributed by atoms with van der Waals surface area (Å²) in [6.45, 7) is 1.88. The van der Waals surface area contributed by atoms with Crippen molar-refractivity contribution in [1.29, 1.82) is 0 Å². The van der Waals surface area contributed by atoms with Gasteiger partial charge in [-0.1, -0.05) is 29.8 Å². The molecular weight excluding hydrogens is 368 g/mol. The van der Waals surface area contributed by atoms with Crippen LogP contribution in [0, 0.1) is 6.92 Å². The van der Waals surface area contributed by atoms with Gasteiger partial charge in [0, 0.05) is 5.56 Å². The van der Waals surface area contributed by atoms with Crippen molar-refractivity contribution in [1.82, 2.24) is 0 Å². The molecule has 0 N–H and O–H groups in total. The minimum Gasteiger partial charge on any atom is -0.497 e. The van der Waals surface area contributed by atoms with Crippen LogP contribution in [0.1, 0.15) is 15.9 Å². The van der Waals surface area contributed by atoms with E-state index in [0.717, 1.165) is 5.56 Å². The number of hydrogen-bond acceptors (Lipinski definition) is 5. The van der Waals surface area contributed by atoms with E-state index in [0.29, 0.717) is 27.8 Å². The molecule has 0 spiro atoms. The number of benzene rings is 3. The summed E-state index contributed by atoms with van der Waals surface area (Å²) in [5, 5.41) is 0.344. The number of aryl methyl sites for hydroxylation is 1. The zero-order valence-corrected chi connectivity index (χ0v) is 16.0. The third kappa shape index (κ3) is 3.62. The molecule has 0 aliphatic rings. The quantitative estimate of drug-likeness (QED) is 0.462. The Morgan fingerprint density at radius 2 is 1.69 bits per heavy atom. The molecule has 0 radical (unpaired) electrons. The van der Waals surface area contributed by atoms with Crippen molar-refractivity contribution in [2.24, 2.45) is 0 Å². The zero-order chi connectivity index (χ0) is 20.4. The van der Waals surface area contributed by atoms with Crippen LogP contribution in [0.4, 0.5) is 0 Å². The summed E-state index contributed by atoms with van der Waals surface area (Å²) < 4.78 is 16.7. The first-order valence-corrected chi connectivity index (χ1v) is 9.06. The van der Waals surface area contributed by atoms with Gasteiger partial charge < -0.3 is 13.9 Å². The van der Waals surface area contributed by atoms with Gasteiger partial charge in [-0.05, 0) is 55.5 Å². The first-order valence-electron chi connectivity index (χ1n) is 9.06. The Labute approximate surface area is 167 Å². The monoisotopic (exact) mass is 386 g/mol. The van der Waals surface area contributed by atoms with Gasteiger partial charge in [-0.2, -0.15) is 0 Å². The van der Waals surface area contributed by atoms with Crippen molar-refractivity contribution in [2.75, 3.05) is 7.11 Å². The molecule has 29 heavy (non-hydrogen) atoms. The third-order valence-corrected chi connectivity index (χ3v) is 4.56. The number of carbonyl (C=O) groups excluding carboxylic acids is 1. The topological polar surface area (TPSA) is 65.7 Å². The molecule has 5 nitrogen and oxygen atoms in total. The summed E-state index contributed by atoms with van der Waals surface area (Å²) >= 11 is 0. The zero-order valence-electron chi connectivity index (χ0n) is 16.0. The van der Waals surface area contributed by atoms with Gasteiger partial charge >= 0.3 is 5.97 Å². The van der Waals surface area contributed by atoms with Gasteiger partial charge in [0.1, 0.15) is 11.3 Å². The molecule has 0 bridgehead atoms. The van der Waals surface area contributed by atoms with Crippen LogP contribution < -0.4 is 14.9 Å². The Hall–Kier alpha value is -3.86. The lowest BCUT2D eigenvalue weighted by molar-refractivity contribution is 0.0731. The maximum absolute atomic E-state index is 13.1. The molecule has 144 valence electrons. The second kappa shape index (κ2) is 7.64. The molecular formula is C24H18O5. The summed E-state index contributed by atoms with van der Waals surface area (Å²) in [4.78, 5) is 25.8. The minimum absolute atomic E-state index is 0.139. The Morgan fingerprint density at radius 1 is 0.931 bits per heavy atom. The summed E-state index contributed by atoms with van der Waals surface area (Å²) in [5.74, 6) is 0.0963. The lowest BCUT2D eigenvalue weighted by atomic mass is 10.1. The van der Waals surface area contributed by atoms with Gasteiger partial charge in [-0.3, -0.25) is 4.79 Å². The smallest absolute Gasteiger partial charge is 0.343 e. The molecule has 0 fully saturated rings. The Bertz CT molecular complexity index is 1250. The predicted molar refractivity (Wildman–Crippen MR) is 111 cm³/mol. The minimum atomic E-state index is -0.619. The van der Waals surface area contributed by atoms with E-state index in [1.807, 2.05) is 13.0 Å². The third-order valence-electron chi connectivity index (χ3n) is 4.56. The first kappa shape index (κ1) is 18.5. The molecule has 3 aromatic carbocycles. The van der Waals surface area contributed by atoms with Crippen LogP contribution in [0.5, 0.6) is 11.5 Å². The van der Waals surface area contributed by atoms with Gasteiger partial charge in [0.2, 0.25) is 11.2 Å². The first-order chi connectivity index (χ1) is 14.1. The van der Waals surface area contributed by atoms with Crippen molar-refractivity contribution in [3.05, 3.63) is 94.1 Å². The number of ether oxygens (including phenoxy) is 2. The van der Waals surface area contributed by atoms with Gasteiger partial charge in [0.25, 0.3) is 0 Å². The van der Waals surface area contributed by atoms with Crippen molar-refractivity contribution in [3.63, 3.8) is 0 Å². The van der Waals surface area contributed by atoms with Crippen molar-refractivity contribution in [2.45, 2.75) is 6.92 Å². The lowest BCUT2D eigenvalue weighted by Crippen LogP contribution is -2.16. The SMILES string of the molecule is COc1ccc(-c2oc3ccccc3c(=O)c2OC(=O)c2cccc(C)c2)cc1. The van der Waals surface area contributed by atoms with E-state index >= 15 is 0 Å². The normalized spacial score (nSPS) is 10.7. The summed E-state index contributed by atoms with van der Waals surface area (Å²) in [6, 6.07) is 20.8. The average Bonchev–Trinajstić information content (AvgIpc) is 2.75. The fraction of sp³-hybridized carbons (Fsp3) is 0.0833. The highest BCUT2D eigenvalue weighted by Crippen LogP contribution is 2.32. The van der Waals surface area contributed by atoms with Crippen LogP contribution in [-0.2, 0) is 0 Å². The summed E-state index contributed by atoms with van der Waals surface area (Å²) in [6.07, 6.45) is 0. The summed E-state index contributed by atoms with van der Waals surface area (Å²) in [5.41, 5.74) is 1.89. The maximum Gasteiger partial charge on any atom is 0.343 e. The molecule has 0 aliphatic heterocycles. The molecule has 0 atom stereocenters. The van der Waals surface area contributed by atoms with E-state index in [-0.39, 0.29) is 11.5 Å². The van der Waals surface area contributed by atoms with Crippen LogP contribution in [0.2, 0.25) is 0 Å². The van der Waals surface area contributed by atoms with E-state index in [1.165, 1.54) is 0 Å². The average molecular weight is 386 g/mol. The highest BCUT2D eigenvalue weighted by atomic mass is 16.5. The van der Waals surface area contributed by atoms with Crippen LogP contribution in [0.25, 0.3) is 22.3 Å². The fourth-order valence-corrected chi connectivity index (χ4v) is 3.07. The molecule has 5 heteroatoms. The van der Waals surface area contributed by atoms with Crippen LogP contribution >= 0.6 is 0 Å². The molecule has 0 saturated carbocycles. The number of para-hydroxylation sites is 1. The highest BCUT2D eigenvalue weighted by molar-refractivity contribution is 5.93. The maximum atomic E-state index is 13.1. The molecule has 4 rings (SSSR count). The van der Waals surface area contributed by atoms with E-state index in [1.54, 1.807) is 73.8 Å². The van der Waals surface area contributed by atoms with Gasteiger partial charge in [-0.25, -0.2) is 4.79 Å². The fourth-order valence-electron chi connectivity index (χ4n) is 3.07. The van der Waals surface area contributed by atoms with Crippen LogP contribution in [-0.4, -0.2) is 13.1 Å². The molecule has 0 aliphatic carbocycles. The number of esters is 1. The second-order valence-corrected chi connectivity index (χ2v) is 6.57. The predicted octanol–water partition coefficient (Wildman–Crippen LogP) is 5.00. The van der Waals surface area contributed by atoms with Gasteiger partial charge in [0.15, 0.2) is 5.76 Å². The van der Waals surface area contributed by atoms with Crippen molar-refractivity contribution in [3.8, 4) is 22.8 Å². The number of hydrogen-bond donors (Lipinski definition) is 0. The molecule has 0 saturated heterocycles. The molecule has 1 aromatic heterocycles. The van der Waals surface area contributed by atoms with Gasteiger partial charge in [-0.15, -0.1) is 0 Å². The molecule has 0 unspecified atom stereocenters. The Kier molecular flexibility index (Phi) is 4.87. The number of carbonyl (C=O) groups is 1. The molecule has 0 amide bonds. The van der Waals surface area contributed by atoms with Gasteiger partial charge in [0.05, 0.1) is 18.1 Å². The van der Waals surface area contributed by atoms with E-state index in [9.17, 15) is 9.59 Å². The molecule has 4 aromatic rings. The second-order valence-electron chi connectivity index (χ2n) is 6.57. The highest BCUT2D eigenvalue weighted by Gasteiger charge is 2.21. The lowest BCUT2D eigenvalue weighted by Gasteiger charge is -2.11. The van der Waals surface area contributed by atoms with Crippen LogP contribution in [0.3, 0.4) is 0 Å². The standard InChI is InChI=1S/C24H18O5/c1-15-6-5-7-17(14-15)24(26)29-23-21(25)19-8-3-4-9-20(19)28-22(23)16-10-12-18(27-2)13-11-16/h3-14H,1-2H3. The van der Waals surface area contributed by atoms with Crippen LogP contribution in [0.15, 0.2) is 82.0 Å². The Balaban J connectivity index is 1.87. The molecule has 1 heterocycles. The van der Waals surface area contributed by atoms with Crippen molar-refractivity contribution < 1.29 is 18.7 Å². The number of methoxy groups -OCH3 is 1. The summed E-state index contributed by atoms with van der Waals surface area (Å²) in [7, 11) is 1.57. The Morgan fingerprint density at radius 3 is 2.41 bits per heavy atom. The van der Waals surface area contributed by atoms with E-state index < -0.39 is 11.4 Å².